The van der Waals surface area contributed by atoms with E-state index in [0.717, 1.165) is 73.1 Å². The second-order valence-corrected chi connectivity index (χ2v) is 23.7. The van der Waals surface area contributed by atoms with Crippen molar-refractivity contribution < 1.29 is 9.15 Å². The lowest BCUT2D eigenvalue weighted by atomic mass is 9.70. The predicted molar refractivity (Wildman–Crippen MR) is 329 cm³/mol. The number of hydrogen-bond acceptors (Lipinski definition) is 5. The number of ether oxygens (including phenoxy) is 1. The van der Waals surface area contributed by atoms with E-state index in [1.807, 2.05) is 12.3 Å². The highest BCUT2D eigenvalue weighted by Gasteiger charge is 2.50. The number of fused-ring (bicyclic) bond motifs is 19. The van der Waals surface area contributed by atoms with Gasteiger partial charge in [0.05, 0.1) is 5.69 Å². The topological polar surface area (TPSA) is 41.7 Å². The Labute approximate surface area is 467 Å². The molecule has 16 rings (SSSR count). The fraction of sp³-hybridized carbons (Fsp3) is 0.133. The molecular formula is C75H57N3O2. The lowest BCUT2D eigenvalue weighted by molar-refractivity contribution is 0.303. The summed E-state index contributed by atoms with van der Waals surface area (Å²) in [5, 5.41) is 2.25. The van der Waals surface area contributed by atoms with Crippen molar-refractivity contribution in [2.75, 3.05) is 9.80 Å². The first-order valence-corrected chi connectivity index (χ1v) is 28.0. The van der Waals surface area contributed by atoms with E-state index in [-0.39, 0.29) is 16.2 Å². The first-order chi connectivity index (χ1) is 39.0. The quantitative estimate of drug-likeness (QED) is 0.159. The first-order valence-electron chi connectivity index (χ1n) is 28.0. The zero-order valence-electron chi connectivity index (χ0n) is 45.7. The summed E-state index contributed by atoms with van der Waals surface area (Å²) in [6.07, 6.45) is 1.87. The number of pyridine rings is 1. The molecule has 0 spiro atoms. The molecule has 0 radical (unpaired) electrons. The third kappa shape index (κ3) is 6.43. The molecule has 0 saturated heterocycles. The lowest BCUT2D eigenvalue weighted by Crippen LogP contribution is -2.25. The Hall–Kier alpha value is -9.45. The molecule has 1 aliphatic heterocycles. The van der Waals surface area contributed by atoms with Crippen molar-refractivity contribution >= 4 is 56.1 Å². The molecule has 0 N–H and O–H groups in total. The maximum atomic E-state index is 6.83. The molecular weight excluding hydrogens is 975 g/mol. The average Bonchev–Trinajstić information content (AvgIpc) is 4.32. The molecule has 0 amide bonds. The Morgan fingerprint density at radius 2 is 0.912 bits per heavy atom. The van der Waals surface area contributed by atoms with E-state index in [1.54, 1.807) is 0 Å². The molecule has 0 unspecified atom stereocenters. The number of benzene rings is 10. The van der Waals surface area contributed by atoms with Crippen molar-refractivity contribution in [3.63, 3.8) is 0 Å². The van der Waals surface area contributed by atoms with Crippen molar-refractivity contribution in [2.24, 2.45) is 0 Å². The van der Waals surface area contributed by atoms with E-state index in [9.17, 15) is 0 Å². The van der Waals surface area contributed by atoms with Crippen molar-refractivity contribution in [3.05, 3.63) is 264 Å². The fourth-order valence-electron chi connectivity index (χ4n) is 14.7. The van der Waals surface area contributed by atoms with Gasteiger partial charge in [-0.3, -0.25) is 4.98 Å². The molecule has 0 saturated carbocycles. The van der Waals surface area contributed by atoms with E-state index < -0.39 is 0 Å². The minimum Gasteiger partial charge on any atom is -0.488 e. The van der Waals surface area contributed by atoms with Crippen LogP contribution in [0.1, 0.15) is 80.5 Å². The predicted octanol–water partition coefficient (Wildman–Crippen LogP) is 20.1. The van der Waals surface area contributed by atoms with Crippen LogP contribution < -0.4 is 14.5 Å². The van der Waals surface area contributed by atoms with Gasteiger partial charge in [0.15, 0.2) is 0 Å². The van der Waals surface area contributed by atoms with Crippen LogP contribution >= 0.6 is 0 Å². The van der Waals surface area contributed by atoms with Crippen LogP contribution in [-0.4, -0.2) is 4.98 Å². The van der Waals surface area contributed by atoms with Crippen LogP contribution in [0.2, 0.25) is 0 Å². The minimum atomic E-state index is -0.371. The number of furan rings is 1. The number of anilines is 6. The van der Waals surface area contributed by atoms with Crippen LogP contribution in [0, 0.1) is 0 Å². The SMILES string of the molecule is CC1(C)c2cc(N(c3ccc(N(c4ccccc4)c4ccccc4)cc3)c3ccc4c(c3)C(C)(C)c3c-4c4c(c5c3C(C)(C)c3ccccc3-5)COc3ccccc3-4)ccc2-c2c1cc(-c1ccccn1)c1oc3ccccc3c21. The van der Waals surface area contributed by atoms with E-state index >= 15 is 0 Å². The average molecular weight is 1030 g/mol. The summed E-state index contributed by atoms with van der Waals surface area (Å²) in [6.45, 7) is 15.1. The molecule has 0 bridgehead atoms. The monoisotopic (exact) mass is 1030 g/mol. The van der Waals surface area contributed by atoms with Crippen LogP contribution in [0.15, 0.2) is 229 Å². The van der Waals surface area contributed by atoms with E-state index in [4.69, 9.17) is 14.1 Å². The zero-order chi connectivity index (χ0) is 53.8. The summed E-state index contributed by atoms with van der Waals surface area (Å²) in [5.74, 6) is 0.944. The van der Waals surface area contributed by atoms with Gasteiger partial charge in [0, 0.05) is 89.6 Å². The minimum absolute atomic E-state index is 0.229. The Balaban J connectivity index is 0.912. The molecule has 10 aromatic carbocycles. The molecule has 5 nitrogen and oxygen atoms in total. The van der Waals surface area contributed by atoms with Crippen LogP contribution in [0.3, 0.4) is 0 Å². The van der Waals surface area contributed by atoms with Crippen LogP contribution in [0.25, 0.3) is 77.7 Å². The molecule has 80 heavy (non-hydrogen) atoms. The van der Waals surface area contributed by atoms with Crippen LogP contribution in [-0.2, 0) is 22.9 Å². The van der Waals surface area contributed by atoms with Crippen LogP contribution in [0.5, 0.6) is 5.75 Å². The highest BCUT2D eigenvalue weighted by Crippen LogP contribution is 2.65. The Morgan fingerprint density at radius 1 is 0.388 bits per heavy atom. The van der Waals surface area contributed by atoms with Gasteiger partial charge in [-0.2, -0.15) is 0 Å². The van der Waals surface area contributed by atoms with Crippen molar-refractivity contribution in [2.45, 2.75) is 64.4 Å². The fourth-order valence-corrected chi connectivity index (χ4v) is 14.7. The van der Waals surface area contributed by atoms with Gasteiger partial charge in [0.1, 0.15) is 23.5 Å². The summed E-state index contributed by atoms with van der Waals surface area (Å²) >= 11 is 0. The third-order valence-corrected chi connectivity index (χ3v) is 18.3. The zero-order valence-corrected chi connectivity index (χ0v) is 45.7. The molecule has 3 aliphatic carbocycles. The van der Waals surface area contributed by atoms with E-state index in [1.165, 1.54) is 83.5 Å². The van der Waals surface area contributed by atoms with Gasteiger partial charge < -0.3 is 19.0 Å². The molecule has 2 aromatic heterocycles. The number of hydrogen-bond donors (Lipinski definition) is 0. The van der Waals surface area contributed by atoms with Gasteiger partial charge in [0.25, 0.3) is 0 Å². The first kappa shape index (κ1) is 46.6. The van der Waals surface area contributed by atoms with Gasteiger partial charge in [-0.1, -0.05) is 157 Å². The standard InChI is InChI=1S/C75H57N3O2/c1-73(2)59-41-49(36-38-52(59)67-61(73)43-56(62-29-19-20-40-76-62)72-69(67)55-27-15-18-31-64(55)80-72)78(48-34-32-47(33-35-48)77(45-21-9-7-10-22-45)46-23-11-8-12-24-46)50-37-39-53-60(42-50)75(5,6)71-68(53)65-54-26-14-17-30-63(54)79-44-57(65)66-51-25-13-16-28-58(51)74(3,4)70(66)71/h7-43H,44H2,1-6H3. The molecule has 3 heterocycles. The molecule has 0 atom stereocenters. The highest BCUT2D eigenvalue weighted by molar-refractivity contribution is 6.18. The Bertz CT molecular complexity index is 4510. The summed E-state index contributed by atoms with van der Waals surface area (Å²) < 4.78 is 13.5. The second-order valence-electron chi connectivity index (χ2n) is 23.7. The number of aromatic nitrogens is 1. The van der Waals surface area contributed by atoms with Crippen molar-refractivity contribution in [1.29, 1.82) is 0 Å². The van der Waals surface area contributed by atoms with Gasteiger partial charge >= 0.3 is 0 Å². The Kier molecular flexibility index (Phi) is 9.78. The molecule has 12 aromatic rings. The summed E-state index contributed by atoms with van der Waals surface area (Å²) in [5.41, 5.74) is 28.9. The number of nitrogens with zero attached hydrogens (tertiary/aromatic N) is 3. The molecule has 5 heteroatoms. The molecule has 0 fully saturated rings. The van der Waals surface area contributed by atoms with Gasteiger partial charge in [-0.05, 0) is 170 Å². The van der Waals surface area contributed by atoms with Gasteiger partial charge in [0.2, 0.25) is 0 Å². The largest absolute Gasteiger partial charge is 0.488 e. The van der Waals surface area contributed by atoms with Crippen molar-refractivity contribution in [1.82, 2.24) is 4.98 Å². The second kappa shape index (κ2) is 16.8. The summed E-state index contributed by atoms with van der Waals surface area (Å²) in [6, 6.07) is 79.6. The van der Waals surface area contributed by atoms with Crippen molar-refractivity contribution in [3.8, 4) is 61.5 Å². The Morgan fingerprint density at radius 3 is 1.60 bits per heavy atom. The van der Waals surface area contributed by atoms with Crippen LogP contribution in [0.4, 0.5) is 34.1 Å². The smallest absolute Gasteiger partial charge is 0.145 e. The third-order valence-electron chi connectivity index (χ3n) is 18.3. The number of para-hydroxylation sites is 4. The van der Waals surface area contributed by atoms with Gasteiger partial charge in [-0.25, -0.2) is 0 Å². The van der Waals surface area contributed by atoms with Gasteiger partial charge in [-0.15, -0.1) is 0 Å². The summed E-state index contributed by atoms with van der Waals surface area (Å²) in [4.78, 5) is 9.71. The lowest BCUT2D eigenvalue weighted by Gasteiger charge is -2.34. The molecule has 4 aliphatic rings. The maximum absolute atomic E-state index is 6.83. The van der Waals surface area contributed by atoms with E-state index in [2.05, 4.69) is 264 Å². The summed E-state index contributed by atoms with van der Waals surface area (Å²) in [7, 11) is 0. The normalized spacial score (nSPS) is 15.0. The number of rotatable bonds is 7. The van der Waals surface area contributed by atoms with E-state index in [0.29, 0.717) is 6.61 Å². The molecule has 384 valence electrons. The maximum Gasteiger partial charge on any atom is 0.145 e. The highest BCUT2D eigenvalue weighted by atomic mass is 16.5.